The molecule has 72 valence electrons. The first-order valence-corrected chi connectivity index (χ1v) is 5.68. The summed E-state index contributed by atoms with van der Waals surface area (Å²) in [6, 6.07) is 0. The van der Waals surface area contributed by atoms with Crippen LogP contribution in [0.25, 0.3) is 0 Å². The van der Waals surface area contributed by atoms with Crippen LogP contribution in [0.3, 0.4) is 0 Å². The van der Waals surface area contributed by atoms with Gasteiger partial charge in [0.1, 0.15) is 0 Å². The average Bonchev–Trinajstić information content (AvgIpc) is 2.17. The molecule has 1 atom stereocenters. The number of fused-ring (bicyclic) bond motifs is 1. The SMILES string of the molecule is CC(C)C1=C2C=CCCC2CCC1. The van der Waals surface area contributed by atoms with Gasteiger partial charge in [0.2, 0.25) is 0 Å². The van der Waals surface area contributed by atoms with E-state index in [2.05, 4.69) is 26.0 Å². The Hall–Kier alpha value is -0.520. The van der Waals surface area contributed by atoms with Crippen molar-refractivity contribution in [3.05, 3.63) is 23.3 Å². The Morgan fingerprint density at radius 3 is 2.92 bits per heavy atom. The minimum absolute atomic E-state index is 0.764. The van der Waals surface area contributed by atoms with Gasteiger partial charge in [0.15, 0.2) is 0 Å². The van der Waals surface area contributed by atoms with Gasteiger partial charge >= 0.3 is 0 Å². The maximum atomic E-state index is 2.41. The third kappa shape index (κ3) is 1.72. The first-order chi connectivity index (χ1) is 6.29. The van der Waals surface area contributed by atoms with Crippen LogP contribution in [0.4, 0.5) is 0 Å². The van der Waals surface area contributed by atoms with Crippen LogP contribution in [0.2, 0.25) is 0 Å². The summed E-state index contributed by atoms with van der Waals surface area (Å²) in [7, 11) is 0. The van der Waals surface area contributed by atoms with Crippen LogP contribution in [0, 0.1) is 11.8 Å². The second-order valence-electron chi connectivity index (χ2n) is 4.70. The lowest BCUT2D eigenvalue weighted by molar-refractivity contribution is 0.451. The lowest BCUT2D eigenvalue weighted by Gasteiger charge is -2.31. The van der Waals surface area contributed by atoms with Crippen molar-refractivity contribution in [1.29, 1.82) is 0 Å². The van der Waals surface area contributed by atoms with E-state index in [-0.39, 0.29) is 0 Å². The maximum absolute atomic E-state index is 2.41. The highest BCUT2D eigenvalue weighted by Gasteiger charge is 2.23. The lowest BCUT2D eigenvalue weighted by atomic mass is 9.75. The second kappa shape index (κ2) is 3.69. The van der Waals surface area contributed by atoms with Crippen molar-refractivity contribution >= 4 is 0 Å². The van der Waals surface area contributed by atoms with Crippen molar-refractivity contribution in [2.45, 2.75) is 46.0 Å². The molecule has 0 aromatic carbocycles. The fourth-order valence-electron chi connectivity index (χ4n) is 2.77. The monoisotopic (exact) mass is 176 g/mol. The third-order valence-electron chi connectivity index (χ3n) is 3.49. The summed E-state index contributed by atoms with van der Waals surface area (Å²) in [6.45, 7) is 4.68. The summed E-state index contributed by atoms with van der Waals surface area (Å²) >= 11 is 0. The molecule has 0 fully saturated rings. The number of allylic oxidation sites excluding steroid dienone is 4. The van der Waals surface area contributed by atoms with Gasteiger partial charge in [-0.05, 0) is 49.5 Å². The van der Waals surface area contributed by atoms with Crippen LogP contribution in [0.15, 0.2) is 23.3 Å². The summed E-state index contributed by atoms with van der Waals surface area (Å²) < 4.78 is 0. The maximum Gasteiger partial charge on any atom is -0.0159 e. The van der Waals surface area contributed by atoms with Gasteiger partial charge in [-0.3, -0.25) is 0 Å². The van der Waals surface area contributed by atoms with E-state index in [9.17, 15) is 0 Å². The molecular formula is C13H20. The molecule has 0 nitrogen and oxygen atoms in total. The molecule has 1 unspecified atom stereocenters. The van der Waals surface area contributed by atoms with Gasteiger partial charge in [-0.15, -0.1) is 0 Å². The topological polar surface area (TPSA) is 0 Å². The van der Waals surface area contributed by atoms with E-state index < -0.39 is 0 Å². The molecular weight excluding hydrogens is 156 g/mol. The molecule has 0 spiro atoms. The summed E-state index contributed by atoms with van der Waals surface area (Å²) in [5, 5.41) is 0. The summed E-state index contributed by atoms with van der Waals surface area (Å²) in [4.78, 5) is 0. The van der Waals surface area contributed by atoms with Crippen LogP contribution in [-0.2, 0) is 0 Å². The molecule has 2 aliphatic rings. The molecule has 0 amide bonds. The first kappa shape index (κ1) is 9.05. The molecule has 2 aliphatic carbocycles. The number of hydrogen-bond donors (Lipinski definition) is 0. The summed E-state index contributed by atoms with van der Waals surface area (Å²) in [5.74, 6) is 1.68. The second-order valence-corrected chi connectivity index (χ2v) is 4.70. The molecule has 0 aromatic heterocycles. The molecule has 0 aliphatic heterocycles. The predicted octanol–water partition coefficient (Wildman–Crippen LogP) is 4.09. The van der Waals surface area contributed by atoms with Crippen molar-refractivity contribution in [2.75, 3.05) is 0 Å². The molecule has 0 heterocycles. The summed E-state index contributed by atoms with van der Waals surface area (Å²) in [5.41, 5.74) is 3.44. The zero-order chi connectivity index (χ0) is 9.26. The van der Waals surface area contributed by atoms with Crippen molar-refractivity contribution in [1.82, 2.24) is 0 Å². The van der Waals surface area contributed by atoms with Crippen molar-refractivity contribution in [3.8, 4) is 0 Å². The molecule has 0 aromatic rings. The fourth-order valence-corrected chi connectivity index (χ4v) is 2.77. The van der Waals surface area contributed by atoms with Crippen LogP contribution in [-0.4, -0.2) is 0 Å². The summed E-state index contributed by atoms with van der Waals surface area (Å²) in [6.07, 6.45) is 11.7. The minimum Gasteiger partial charge on any atom is -0.0842 e. The Balaban J connectivity index is 2.33. The van der Waals surface area contributed by atoms with Crippen LogP contribution >= 0.6 is 0 Å². The van der Waals surface area contributed by atoms with Crippen molar-refractivity contribution < 1.29 is 0 Å². The number of rotatable bonds is 1. The Bertz CT molecular complexity index is 243. The van der Waals surface area contributed by atoms with Gasteiger partial charge < -0.3 is 0 Å². The van der Waals surface area contributed by atoms with E-state index in [4.69, 9.17) is 0 Å². The van der Waals surface area contributed by atoms with Gasteiger partial charge in [0, 0.05) is 0 Å². The molecule has 0 saturated carbocycles. The van der Waals surface area contributed by atoms with E-state index in [1.54, 1.807) is 11.1 Å². The van der Waals surface area contributed by atoms with E-state index in [0.717, 1.165) is 11.8 Å². The van der Waals surface area contributed by atoms with Crippen molar-refractivity contribution in [2.24, 2.45) is 11.8 Å². The minimum atomic E-state index is 0.764. The van der Waals surface area contributed by atoms with Crippen LogP contribution in [0.5, 0.6) is 0 Å². The molecule has 0 bridgehead atoms. The highest BCUT2D eigenvalue weighted by molar-refractivity contribution is 5.33. The smallest absolute Gasteiger partial charge is 0.0159 e. The normalized spacial score (nSPS) is 28.1. The quantitative estimate of drug-likeness (QED) is 0.564. The Kier molecular flexibility index (Phi) is 2.57. The average molecular weight is 176 g/mol. The molecule has 0 heteroatoms. The van der Waals surface area contributed by atoms with Crippen LogP contribution < -0.4 is 0 Å². The third-order valence-corrected chi connectivity index (χ3v) is 3.49. The highest BCUT2D eigenvalue weighted by atomic mass is 14.3. The lowest BCUT2D eigenvalue weighted by Crippen LogP contribution is -2.16. The Morgan fingerprint density at radius 1 is 1.31 bits per heavy atom. The zero-order valence-corrected chi connectivity index (χ0v) is 8.84. The van der Waals surface area contributed by atoms with E-state index >= 15 is 0 Å². The van der Waals surface area contributed by atoms with E-state index in [0.29, 0.717) is 0 Å². The molecule has 13 heavy (non-hydrogen) atoms. The Morgan fingerprint density at radius 2 is 2.15 bits per heavy atom. The van der Waals surface area contributed by atoms with Gasteiger partial charge in [0.25, 0.3) is 0 Å². The van der Waals surface area contributed by atoms with Crippen LogP contribution in [0.1, 0.15) is 46.0 Å². The molecule has 2 rings (SSSR count). The standard InChI is InChI=1S/C13H20/c1-10(2)12-9-5-7-11-6-3-4-8-13(11)12/h4,8,10-11H,3,5-7,9H2,1-2H3. The van der Waals surface area contributed by atoms with Crippen molar-refractivity contribution in [3.63, 3.8) is 0 Å². The van der Waals surface area contributed by atoms with Gasteiger partial charge in [-0.2, -0.15) is 0 Å². The fraction of sp³-hybridized carbons (Fsp3) is 0.692. The van der Waals surface area contributed by atoms with E-state index in [1.807, 2.05) is 0 Å². The van der Waals surface area contributed by atoms with Gasteiger partial charge in [0.05, 0.1) is 0 Å². The predicted molar refractivity (Wildman–Crippen MR) is 57.6 cm³/mol. The number of hydrogen-bond acceptors (Lipinski definition) is 0. The zero-order valence-electron chi connectivity index (χ0n) is 8.84. The first-order valence-electron chi connectivity index (χ1n) is 5.68. The van der Waals surface area contributed by atoms with E-state index in [1.165, 1.54) is 32.1 Å². The van der Waals surface area contributed by atoms with Gasteiger partial charge in [-0.1, -0.05) is 31.6 Å². The molecule has 0 N–H and O–H groups in total. The molecule has 0 saturated heterocycles. The van der Waals surface area contributed by atoms with Gasteiger partial charge in [-0.25, -0.2) is 0 Å². The Labute approximate surface area is 81.7 Å². The molecule has 0 radical (unpaired) electrons. The highest BCUT2D eigenvalue weighted by Crippen LogP contribution is 2.39. The largest absolute Gasteiger partial charge is 0.0842 e.